The van der Waals surface area contributed by atoms with Gasteiger partial charge in [0.1, 0.15) is 0 Å². The summed E-state index contributed by atoms with van der Waals surface area (Å²) in [5, 5.41) is 0. The van der Waals surface area contributed by atoms with Crippen molar-refractivity contribution in [2.24, 2.45) is 0 Å². The average Bonchev–Trinajstić information content (AvgIpc) is 2.67. The van der Waals surface area contributed by atoms with E-state index in [1.807, 2.05) is 0 Å². The van der Waals surface area contributed by atoms with E-state index in [-0.39, 0.29) is 0 Å². The maximum Gasteiger partial charge on any atom is 0.495 e. The van der Waals surface area contributed by atoms with Crippen molar-refractivity contribution in [2.45, 2.75) is 79.0 Å². The second-order valence-corrected chi connectivity index (χ2v) is 7.27. The Morgan fingerprint density at radius 2 is 0.378 bits per heavy atom. The Morgan fingerprint density at radius 1 is 0.200 bits per heavy atom. The van der Waals surface area contributed by atoms with E-state index >= 15 is 0 Å². The Hall–Kier alpha value is -2.12. The molecule has 0 aromatic heterocycles. The first-order valence-corrected chi connectivity index (χ1v) is 8.92. The highest BCUT2D eigenvalue weighted by molar-refractivity contribution is 4.98. The van der Waals surface area contributed by atoms with Crippen LogP contribution in [-0.4, -0.2) is 79.0 Å². The molecule has 4 nitrogen and oxygen atoms in total. The fraction of sp³-hybridized carbons (Fsp3) is 1.00. The van der Waals surface area contributed by atoms with E-state index in [2.05, 4.69) is 0 Å². The van der Waals surface area contributed by atoms with Crippen LogP contribution < -0.4 is 0 Å². The van der Waals surface area contributed by atoms with Gasteiger partial charge in [-0.2, -0.15) is 114 Å². The lowest BCUT2D eigenvalue weighted by Gasteiger charge is -2.37. The Bertz CT molecular complexity index is 1040. The van der Waals surface area contributed by atoms with Crippen LogP contribution in [0.3, 0.4) is 0 Å². The van der Waals surface area contributed by atoms with E-state index in [0.717, 1.165) is 18.9 Å². The molecule has 45 heavy (non-hydrogen) atoms. The number of hydrogen-bond acceptors (Lipinski definition) is 4. The minimum atomic E-state index is -8.44. The fourth-order valence-corrected chi connectivity index (χ4v) is 1.73. The van der Waals surface area contributed by atoms with Crippen molar-refractivity contribution < 1.29 is 142 Å². The second kappa shape index (κ2) is 11.0. The lowest BCUT2D eigenvalue weighted by Crippen LogP contribution is -2.65. The topological polar surface area (TPSA) is 36.9 Å². The molecule has 0 spiro atoms. The van der Waals surface area contributed by atoms with Gasteiger partial charge in [-0.1, -0.05) is 0 Å². The zero-order valence-electron chi connectivity index (χ0n) is 18.7. The summed E-state index contributed by atoms with van der Waals surface area (Å²) in [5.41, 5.74) is 0. The molecule has 0 aliphatic heterocycles. The Morgan fingerprint density at radius 3 is 0.622 bits per heavy atom. The molecule has 0 amide bonds. The molecule has 0 aliphatic rings. The second-order valence-electron chi connectivity index (χ2n) is 7.27. The molecule has 0 saturated carbocycles. The lowest BCUT2D eigenvalue weighted by atomic mass is 10.1. The number of ether oxygens (including phenoxy) is 4. The molecule has 0 radical (unpaired) electrons. The predicted octanol–water partition coefficient (Wildman–Crippen LogP) is 8.83. The summed E-state index contributed by atoms with van der Waals surface area (Å²) in [6.07, 6.45) is -73.1. The van der Waals surface area contributed by atoms with Crippen molar-refractivity contribution in [3.63, 3.8) is 0 Å². The molecule has 0 aromatic rings. The standard InChI is InChI=1S/C13F28O4/c14-1(15,5(22,23)24)3(18,19)7(28,29)42-9(32,33)10(34,35)43-11(36,37)12(38,39)45-13(40,41)44-8(30,31)4(20,21)2(16,17)6(25,26)27. The molecule has 32 heteroatoms. The van der Waals surface area contributed by atoms with Crippen LogP contribution in [0.15, 0.2) is 0 Å². The van der Waals surface area contributed by atoms with Gasteiger partial charge >= 0.3 is 79.0 Å². The van der Waals surface area contributed by atoms with E-state index in [1.165, 1.54) is 0 Å². The van der Waals surface area contributed by atoms with Crippen LogP contribution in [0.2, 0.25) is 0 Å². The summed E-state index contributed by atoms with van der Waals surface area (Å²) in [4.78, 5) is 0. The number of rotatable bonds is 14. The molecule has 0 aromatic carbocycles. The number of alkyl halides is 28. The minimum Gasteiger partial charge on any atom is -0.243 e. The monoisotopic (exact) mass is 752 g/mol. The van der Waals surface area contributed by atoms with Crippen LogP contribution in [0.25, 0.3) is 0 Å². The molecule has 0 rings (SSSR count). The highest BCUT2D eigenvalue weighted by Gasteiger charge is 2.87. The SMILES string of the molecule is FC(F)(OC(F)(F)C(F)(F)OC(F)(F)C(F)(F)OC(F)(F)C(F)(F)C(F)(F)C(F)(F)F)OC(F)(F)C(F)(F)C(F)(F)C(F)(F)F. The van der Waals surface area contributed by atoms with Gasteiger partial charge in [-0.15, -0.1) is 8.78 Å². The van der Waals surface area contributed by atoms with Gasteiger partial charge in [0.05, 0.1) is 0 Å². The van der Waals surface area contributed by atoms with Crippen molar-refractivity contribution >= 4 is 0 Å². The van der Waals surface area contributed by atoms with E-state index in [1.54, 1.807) is 0 Å². The van der Waals surface area contributed by atoms with E-state index in [0.29, 0.717) is 0 Å². The Balaban J connectivity index is 6.33. The summed E-state index contributed by atoms with van der Waals surface area (Å²) in [6, 6.07) is 0. The molecular weight excluding hydrogens is 752 g/mol. The summed E-state index contributed by atoms with van der Waals surface area (Å²) >= 11 is 0. The van der Waals surface area contributed by atoms with E-state index in [9.17, 15) is 123 Å². The van der Waals surface area contributed by atoms with Gasteiger partial charge in [0.25, 0.3) is 0 Å². The third-order valence-electron chi connectivity index (χ3n) is 3.92. The normalized spacial score (nSPS) is 16.8. The lowest BCUT2D eigenvalue weighted by molar-refractivity contribution is -0.596. The van der Waals surface area contributed by atoms with Gasteiger partial charge in [-0.25, -0.2) is 18.9 Å². The predicted molar refractivity (Wildman–Crippen MR) is 70.9 cm³/mol. The molecule has 0 atom stereocenters. The molecule has 0 aliphatic carbocycles. The van der Waals surface area contributed by atoms with Gasteiger partial charge in [-0.3, -0.25) is 0 Å². The van der Waals surface area contributed by atoms with Crippen molar-refractivity contribution in [3.8, 4) is 0 Å². The average molecular weight is 752 g/mol. The van der Waals surface area contributed by atoms with E-state index < -0.39 is 79.0 Å². The molecule has 0 N–H and O–H groups in total. The highest BCUT2D eigenvalue weighted by Crippen LogP contribution is 2.58. The summed E-state index contributed by atoms with van der Waals surface area (Å²) in [7, 11) is 0. The van der Waals surface area contributed by atoms with Crippen LogP contribution in [-0.2, 0) is 18.9 Å². The highest BCUT2D eigenvalue weighted by atomic mass is 19.4. The zero-order valence-corrected chi connectivity index (χ0v) is 18.7. The van der Waals surface area contributed by atoms with Gasteiger partial charge < -0.3 is 0 Å². The number of hydrogen-bond donors (Lipinski definition) is 0. The third-order valence-corrected chi connectivity index (χ3v) is 3.92. The Kier molecular flexibility index (Phi) is 10.5. The van der Waals surface area contributed by atoms with Crippen LogP contribution in [0.4, 0.5) is 123 Å². The smallest absolute Gasteiger partial charge is 0.243 e. The van der Waals surface area contributed by atoms with Gasteiger partial charge in [0.15, 0.2) is 0 Å². The van der Waals surface area contributed by atoms with Crippen molar-refractivity contribution in [1.29, 1.82) is 0 Å². The molecule has 0 bridgehead atoms. The number of halogens is 28. The zero-order chi connectivity index (χ0) is 37.3. The maximum absolute atomic E-state index is 13.2. The van der Waals surface area contributed by atoms with Crippen LogP contribution >= 0.6 is 0 Å². The molecule has 0 saturated heterocycles. The first kappa shape index (κ1) is 42.9. The van der Waals surface area contributed by atoms with Gasteiger partial charge in [-0.05, 0) is 0 Å². The molecular formula is C13F28O4. The van der Waals surface area contributed by atoms with Gasteiger partial charge in [0, 0.05) is 0 Å². The van der Waals surface area contributed by atoms with Gasteiger partial charge in [0.2, 0.25) is 0 Å². The van der Waals surface area contributed by atoms with Crippen molar-refractivity contribution in [1.82, 2.24) is 0 Å². The Labute approximate surface area is 222 Å². The summed E-state index contributed by atoms with van der Waals surface area (Å²) in [5.74, 6) is -33.2. The van der Waals surface area contributed by atoms with Crippen LogP contribution in [0, 0.1) is 0 Å². The first-order valence-electron chi connectivity index (χ1n) is 8.92. The van der Waals surface area contributed by atoms with Crippen molar-refractivity contribution in [2.75, 3.05) is 0 Å². The summed E-state index contributed by atoms with van der Waals surface area (Å²) in [6.45, 7) is 0. The van der Waals surface area contributed by atoms with Crippen LogP contribution in [0.1, 0.15) is 0 Å². The first-order chi connectivity index (χ1) is 18.8. The largest absolute Gasteiger partial charge is 0.495 e. The molecule has 0 fully saturated rings. The van der Waals surface area contributed by atoms with Crippen LogP contribution in [0.5, 0.6) is 0 Å². The quantitative estimate of drug-likeness (QED) is 0.131. The maximum atomic E-state index is 13.2. The summed E-state index contributed by atoms with van der Waals surface area (Å²) < 4.78 is 361. The van der Waals surface area contributed by atoms with E-state index in [4.69, 9.17) is 0 Å². The fourth-order valence-electron chi connectivity index (χ4n) is 1.73. The third kappa shape index (κ3) is 7.56. The van der Waals surface area contributed by atoms with Crippen molar-refractivity contribution in [3.05, 3.63) is 0 Å². The molecule has 0 unspecified atom stereocenters. The molecule has 272 valence electrons. The minimum absolute atomic E-state index is 0.950. The molecule has 0 heterocycles.